The molecule has 0 aromatic heterocycles. The van der Waals surface area contributed by atoms with Crippen LogP contribution in [0.15, 0.2) is 28.7 Å². The van der Waals surface area contributed by atoms with Gasteiger partial charge in [0.1, 0.15) is 6.54 Å². The van der Waals surface area contributed by atoms with Crippen LogP contribution in [0.2, 0.25) is 0 Å². The number of halogens is 1. The second-order valence-corrected chi connectivity index (χ2v) is 6.75. The van der Waals surface area contributed by atoms with Crippen molar-refractivity contribution in [1.29, 1.82) is 0 Å². The molecule has 1 unspecified atom stereocenters. The molecular weight excluding hydrogens is 322 g/mol. The Balaban J connectivity index is 1.72. The summed E-state index contributed by atoms with van der Waals surface area (Å²) >= 11 is 3.39. The van der Waals surface area contributed by atoms with Crippen LogP contribution < -0.4 is 0 Å². The van der Waals surface area contributed by atoms with Gasteiger partial charge >= 0.3 is 5.97 Å². The van der Waals surface area contributed by atoms with E-state index in [0.717, 1.165) is 29.3 Å². The number of benzene rings is 1. The van der Waals surface area contributed by atoms with Crippen LogP contribution in [-0.4, -0.2) is 28.4 Å². The summed E-state index contributed by atoms with van der Waals surface area (Å²) < 4.78 is 0.933. The van der Waals surface area contributed by atoms with Crippen LogP contribution in [0.3, 0.4) is 0 Å². The molecule has 2 aliphatic carbocycles. The summed E-state index contributed by atoms with van der Waals surface area (Å²) in [6.45, 7) is 0.134. The van der Waals surface area contributed by atoms with Crippen molar-refractivity contribution in [2.24, 2.45) is 11.3 Å². The van der Waals surface area contributed by atoms with Gasteiger partial charge in [-0.1, -0.05) is 28.1 Å². The van der Waals surface area contributed by atoms with E-state index < -0.39 is 5.97 Å². The Morgan fingerprint density at radius 2 is 2.15 bits per heavy atom. The van der Waals surface area contributed by atoms with Gasteiger partial charge in [-0.15, -0.1) is 0 Å². The summed E-state index contributed by atoms with van der Waals surface area (Å²) in [5.74, 6) is -0.891. The number of aliphatic carboxylic acids is 1. The Kier molecular flexibility index (Phi) is 3.32. The fraction of sp³-hybridized carbons (Fsp3) is 0.467. The maximum absolute atomic E-state index is 12.4. The van der Waals surface area contributed by atoms with E-state index >= 15 is 0 Å². The third-order valence-corrected chi connectivity index (χ3v) is 4.77. The highest BCUT2D eigenvalue weighted by Crippen LogP contribution is 2.70. The number of rotatable bonds is 5. The first-order valence-electron chi connectivity index (χ1n) is 6.75. The lowest BCUT2D eigenvalue weighted by Gasteiger charge is -2.21. The first-order valence-corrected chi connectivity index (χ1v) is 7.54. The predicted molar refractivity (Wildman–Crippen MR) is 77.0 cm³/mol. The smallest absolute Gasteiger partial charge is 0.323 e. The molecule has 0 saturated heterocycles. The molecule has 0 heterocycles. The number of carbonyl (C=O) groups is 2. The molecule has 5 heteroatoms. The van der Waals surface area contributed by atoms with E-state index in [1.54, 1.807) is 0 Å². The molecule has 1 aromatic carbocycles. The van der Waals surface area contributed by atoms with Gasteiger partial charge < -0.3 is 10.0 Å². The fourth-order valence-electron chi connectivity index (χ4n) is 2.86. The van der Waals surface area contributed by atoms with Gasteiger partial charge in [-0.3, -0.25) is 9.59 Å². The van der Waals surface area contributed by atoms with E-state index in [1.165, 1.54) is 4.90 Å². The zero-order chi connectivity index (χ0) is 14.3. The van der Waals surface area contributed by atoms with Crippen LogP contribution in [-0.2, 0) is 16.1 Å². The Morgan fingerprint density at radius 3 is 2.70 bits per heavy atom. The molecule has 0 aliphatic heterocycles. The van der Waals surface area contributed by atoms with Gasteiger partial charge in [-0.2, -0.15) is 0 Å². The van der Waals surface area contributed by atoms with Crippen molar-refractivity contribution in [3.8, 4) is 0 Å². The number of amides is 1. The molecule has 4 nitrogen and oxygen atoms in total. The van der Waals surface area contributed by atoms with Gasteiger partial charge in [0.25, 0.3) is 0 Å². The highest BCUT2D eigenvalue weighted by Gasteiger charge is 2.66. The average Bonchev–Trinajstić information content (AvgIpc) is 3.28. The molecule has 20 heavy (non-hydrogen) atoms. The lowest BCUT2D eigenvalue weighted by molar-refractivity contribution is -0.145. The van der Waals surface area contributed by atoms with E-state index in [2.05, 4.69) is 15.9 Å². The van der Waals surface area contributed by atoms with Crippen LogP contribution in [0, 0.1) is 11.3 Å². The first-order chi connectivity index (χ1) is 9.50. The minimum atomic E-state index is -0.959. The number of nitrogens with zero attached hydrogens (tertiary/aromatic N) is 1. The molecule has 0 bridgehead atoms. The van der Waals surface area contributed by atoms with Crippen molar-refractivity contribution in [2.45, 2.75) is 25.8 Å². The molecule has 106 valence electrons. The molecule has 1 spiro atoms. The first kappa shape index (κ1) is 13.6. The Labute approximate surface area is 125 Å². The maximum atomic E-state index is 12.4. The Bertz CT molecular complexity index is 568. The van der Waals surface area contributed by atoms with Gasteiger partial charge in [-0.25, -0.2) is 0 Å². The number of carboxylic acids is 1. The highest BCUT2D eigenvalue weighted by atomic mass is 79.9. The molecule has 2 saturated carbocycles. The summed E-state index contributed by atoms with van der Waals surface area (Å²) in [4.78, 5) is 24.9. The lowest BCUT2D eigenvalue weighted by Crippen LogP contribution is -2.36. The van der Waals surface area contributed by atoms with Crippen molar-refractivity contribution in [3.63, 3.8) is 0 Å². The highest BCUT2D eigenvalue weighted by molar-refractivity contribution is 9.10. The summed E-state index contributed by atoms with van der Waals surface area (Å²) in [7, 11) is 0. The van der Waals surface area contributed by atoms with Gasteiger partial charge in [0.2, 0.25) is 5.91 Å². The molecule has 2 fully saturated rings. The second kappa shape index (κ2) is 4.88. The van der Waals surface area contributed by atoms with Crippen LogP contribution in [0.1, 0.15) is 24.8 Å². The molecule has 1 N–H and O–H groups in total. The standard InChI is InChI=1S/C15H16BrNO3/c16-11-3-1-2-10(6-11)8-17(9-13(18)19)14(20)12-7-15(12)4-5-15/h1-3,6,12H,4-5,7-9H2,(H,18,19). The van der Waals surface area contributed by atoms with E-state index in [0.29, 0.717) is 6.54 Å². The van der Waals surface area contributed by atoms with Crippen molar-refractivity contribution in [3.05, 3.63) is 34.3 Å². The molecule has 3 rings (SSSR count). The van der Waals surface area contributed by atoms with E-state index in [-0.39, 0.29) is 23.8 Å². The third kappa shape index (κ3) is 2.73. The van der Waals surface area contributed by atoms with Crippen LogP contribution in [0.4, 0.5) is 0 Å². The third-order valence-electron chi connectivity index (χ3n) is 4.28. The average molecular weight is 338 g/mol. The monoisotopic (exact) mass is 337 g/mol. The number of hydrogen-bond donors (Lipinski definition) is 1. The number of hydrogen-bond acceptors (Lipinski definition) is 2. The van der Waals surface area contributed by atoms with Gasteiger partial charge in [0.15, 0.2) is 0 Å². The quantitative estimate of drug-likeness (QED) is 0.898. The summed E-state index contributed by atoms with van der Waals surface area (Å²) in [6.07, 6.45) is 3.20. The van der Waals surface area contributed by atoms with E-state index in [9.17, 15) is 9.59 Å². The number of carboxylic acid groups (broad SMARTS) is 1. The Hall–Kier alpha value is -1.36. The van der Waals surface area contributed by atoms with Crippen LogP contribution in [0.25, 0.3) is 0 Å². The van der Waals surface area contributed by atoms with Crippen LogP contribution >= 0.6 is 15.9 Å². The van der Waals surface area contributed by atoms with Crippen molar-refractivity contribution >= 4 is 27.8 Å². The Morgan fingerprint density at radius 1 is 1.40 bits per heavy atom. The lowest BCUT2D eigenvalue weighted by atomic mass is 10.2. The minimum absolute atomic E-state index is 0.00451. The van der Waals surface area contributed by atoms with Gasteiger partial charge in [0, 0.05) is 16.9 Å². The summed E-state index contributed by atoms with van der Waals surface area (Å²) in [5.41, 5.74) is 1.20. The normalized spacial score (nSPS) is 21.6. The van der Waals surface area contributed by atoms with Crippen LogP contribution in [0.5, 0.6) is 0 Å². The zero-order valence-electron chi connectivity index (χ0n) is 11.0. The van der Waals surface area contributed by atoms with Gasteiger partial charge in [0.05, 0.1) is 0 Å². The summed E-state index contributed by atoms with van der Waals surface area (Å²) in [5, 5.41) is 9.01. The molecule has 0 radical (unpaired) electrons. The molecule has 1 amide bonds. The van der Waals surface area contributed by atoms with Crippen molar-refractivity contribution < 1.29 is 14.7 Å². The van der Waals surface area contributed by atoms with Crippen molar-refractivity contribution in [1.82, 2.24) is 4.90 Å². The largest absolute Gasteiger partial charge is 0.480 e. The molecule has 1 atom stereocenters. The van der Waals surface area contributed by atoms with Crippen molar-refractivity contribution in [2.75, 3.05) is 6.54 Å². The van der Waals surface area contributed by atoms with E-state index in [1.807, 2.05) is 24.3 Å². The van der Waals surface area contributed by atoms with E-state index in [4.69, 9.17) is 5.11 Å². The molecule has 1 aromatic rings. The number of carbonyl (C=O) groups excluding carboxylic acids is 1. The summed E-state index contributed by atoms with van der Waals surface area (Å²) in [6, 6.07) is 7.63. The fourth-order valence-corrected chi connectivity index (χ4v) is 3.31. The second-order valence-electron chi connectivity index (χ2n) is 5.84. The zero-order valence-corrected chi connectivity index (χ0v) is 12.6. The molecule has 2 aliphatic rings. The SMILES string of the molecule is O=C(O)CN(Cc1cccc(Br)c1)C(=O)C1CC12CC2. The topological polar surface area (TPSA) is 57.6 Å². The minimum Gasteiger partial charge on any atom is -0.480 e. The predicted octanol–water partition coefficient (Wildman–Crippen LogP) is 2.66. The molecular formula is C15H16BrNO3. The maximum Gasteiger partial charge on any atom is 0.323 e. The van der Waals surface area contributed by atoms with Gasteiger partial charge in [-0.05, 0) is 42.4 Å².